The zero-order valence-electron chi connectivity index (χ0n) is 24.3. The number of carbonyl (C=O) groups is 2. The molecule has 9 nitrogen and oxygen atoms in total. The molecule has 0 saturated heterocycles. The Balaban J connectivity index is 2.08. The maximum absolute atomic E-state index is 14.1. The van der Waals surface area contributed by atoms with Crippen LogP contribution in [0.3, 0.4) is 0 Å². The fourth-order valence-electron chi connectivity index (χ4n) is 4.21. The van der Waals surface area contributed by atoms with Crippen molar-refractivity contribution in [3.05, 3.63) is 81.3 Å². The quantitative estimate of drug-likeness (QED) is 0.205. The highest BCUT2D eigenvalue weighted by molar-refractivity contribution is 7.92. The van der Waals surface area contributed by atoms with E-state index in [1.807, 2.05) is 6.92 Å². The van der Waals surface area contributed by atoms with Crippen molar-refractivity contribution in [3.63, 3.8) is 0 Å². The second kappa shape index (κ2) is 15.5. The third kappa shape index (κ3) is 8.47. The summed E-state index contributed by atoms with van der Waals surface area (Å²) in [6, 6.07) is 14.1. The summed E-state index contributed by atoms with van der Waals surface area (Å²) in [5.74, 6) is -0.529. The molecule has 2 amide bonds. The molecule has 1 atom stereocenters. The lowest BCUT2D eigenvalue weighted by Gasteiger charge is -2.32. The zero-order chi connectivity index (χ0) is 31.7. The van der Waals surface area contributed by atoms with Gasteiger partial charge in [0, 0.05) is 39.8 Å². The van der Waals surface area contributed by atoms with Gasteiger partial charge >= 0.3 is 0 Å². The van der Waals surface area contributed by atoms with Gasteiger partial charge in [0.2, 0.25) is 11.8 Å². The molecule has 0 saturated carbocycles. The van der Waals surface area contributed by atoms with E-state index in [0.29, 0.717) is 32.9 Å². The van der Waals surface area contributed by atoms with Crippen LogP contribution in [0.2, 0.25) is 15.1 Å². The third-order valence-electron chi connectivity index (χ3n) is 6.72. The average Bonchev–Trinajstić information content (AvgIpc) is 2.99. The molecular formula is C30H34Cl3N3O6S. The number of halogens is 3. The first-order chi connectivity index (χ1) is 20.4. The number of sulfonamides is 1. The van der Waals surface area contributed by atoms with Gasteiger partial charge in [-0.25, -0.2) is 8.42 Å². The van der Waals surface area contributed by atoms with Crippen molar-refractivity contribution in [1.82, 2.24) is 10.2 Å². The van der Waals surface area contributed by atoms with E-state index in [2.05, 4.69) is 5.32 Å². The van der Waals surface area contributed by atoms with Gasteiger partial charge in [0.15, 0.2) is 11.5 Å². The average molecular weight is 671 g/mol. The molecular weight excluding hydrogens is 637 g/mol. The molecule has 0 spiro atoms. The first-order valence-corrected chi connectivity index (χ1v) is 16.0. The number of unbranched alkanes of at least 4 members (excludes halogenated alkanes) is 1. The number of nitrogens with one attached hydrogen (secondary N) is 1. The number of benzene rings is 3. The lowest BCUT2D eigenvalue weighted by molar-refractivity contribution is -0.139. The van der Waals surface area contributed by atoms with Gasteiger partial charge < -0.3 is 19.7 Å². The topological polar surface area (TPSA) is 105 Å². The Bertz CT molecular complexity index is 1520. The van der Waals surface area contributed by atoms with Gasteiger partial charge in [-0.1, -0.05) is 54.2 Å². The SMILES string of the molecule is CCCCNC(=O)[C@@H](C)N(Cc1c(Cl)cccc1Cl)C(=O)CN(c1ccc(Cl)cc1)S(=O)(=O)c1ccc(OC)c(OC)c1. The summed E-state index contributed by atoms with van der Waals surface area (Å²) < 4.78 is 39.7. The molecule has 13 heteroatoms. The monoisotopic (exact) mass is 669 g/mol. The van der Waals surface area contributed by atoms with Gasteiger partial charge in [-0.2, -0.15) is 0 Å². The Morgan fingerprint density at radius 1 is 0.930 bits per heavy atom. The van der Waals surface area contributed by atoms with E-state index in [1.54, 1.807) is 25.1 Å². The summed E-state index contributed by atoms with van der Waals surface area (Å²) in [7, 11) is -1.53. The maximum atomic E-state index is 14.1. The molecule has 0 radical (unpaired) electrons. The van der Waals surface area contributed by atoms with Crippen molar-refractivity contribution in [1.29, 1.82) is 0 Å². The first kappa shape index (κ1) is 34.3. The highest BCUT2D eigenvalue weighted by atomic mass is 35.5. The molecule has 232 valence electrons. The number of ether oxygens (including phenoxy) is 2. The molecule has 43 heavy (non-hydrogen) atoms. The number of hydrogen-bond donors (Lipinski definition) is 1. The largest absolute Gasteiger partial charge is 0.493 e. The maximum Gasteiger partial charge on any atom is 0.264 e. The number of hydrogen-bond acceptors (Lipinski definition) is 6. The van der Waals surface area contributed by atoms with Crippen molar-refractivity contribution in [2.24, 2.45) is 0 Å². The zero-order valence-corrected chi connectivity index (χ0v) is 27.4. The minimum Gasteiger partial charge on any atom is -0.493 e. The molecule has 0 bridgehead atoms. The number of amides is 2. The van der Waals surface area contributed by atoms with Crippen molar-refractivity contribution >= 4 is 62.3 Å². The lowest BCUT2D eigenvalue weighted by Crippen LogP contribution is -2.51. The molecule has 0 unspecified atom stereocenters. The van der Waals surface area contributed by atoms with Crippen LogP contribution in [0.4, 0.5) is 5.69 Å². The van der Waals surface area contributed by atoms with Crippen molar-refractivity contribution < 1.29 is 27.5 Å². The van der Waals surface area contributed by atoms with E-state index in [0.717, 1.165) is 17.1 Å². The number of anilines is 1. The first-order valence-electron chi connectivity index (χ1n) is 13.4. The molecule has 3 rings (SSSR count). The Labute approximate surface area is 267 Å². The van der Waals surface area contributed by atoms with Gasteiger partial charge in [-0.15, -0.1) is 0 Å². The van der Waals surface area contributed by atoms with E-state index >= 15 is 0 Å². The minimum absolute atomic E-state index is 0.134. The summed E-state index contributed by atoms with van der Waals surface area (Å²) in [6.45, 7) is 3.21. The van der Waals surface area contributed by atoms with Crippen LogP contribution >= 0.6 is 34.8 Å². The van der Waals surface area contributed by atoms with Gasteiger partial charge in [0.1, 0.15) is 12.6 Å². The number of rotatable bonds is 14. The van der Waals surface area contributed by atoms with Crippen molar-refractivity contribution in [2.75, 3.05) is 31.6 Å². The van der Waals surface area contributed by atoms with Crippen LogP contribution in [0.5, 0.6) is 11.5 Å². The summed E-state index contributed by atoms with van der Waals surface area (Å²) in [5.41, 5.74) is 0.608. The van der Waals surface area contributed by atoms with Gasteiger partial charge in [0.05, 0.1) is 24.8 Å². The molecule has 0 aliphatic heterocycles. The second-order valence-corrected chi connectivity index (χ2v) is 12.7. The summed E-state index contributed by atoms with van der Waals surface area (Å²) in [5, 5.41) is 3.82. The number of nitrogens with zero attached hydrogens (tertiary/aromatic N) is 2. The van der Waals surface area contributed by atoms with E-state index in [4.69, 9.17) is 44.3 Å². The van der Waals surface area contributed by atoms with Crippen LogP contribution in [0, 0.1) is 0 Å². The molecule has 3 aromatic carbocycles. The fourth-order valence-corrected chi connectivity index (χ4v) is 6.29. The summed E-state index contributed by atoms with van der Waals surface area (Å²) in [4.78, 5) is 28.3. The van der Waals surface area contributed by atoms with E-state index in [-0.39, 0.29) is 22.9 Å². The van der Waals surface area contributed by atoms with Crippen molar-refractivity contribution in [3.8, 4) is 11.5 Å². The number of methoxy groups -OCH3 is 2. The van der Waals surface area contributed by atoms with Gasteiger partial charge in [0.25, 0.3) is 10.0 Å². The van der Waals surface area contributed by atoms with Gasteiger partial charge in [-0.05, 0) is 61.9 Å². The molecule has 1 N–H and O–H groups in total. The predicted octanol–water partition coefficient (Wildman–Crippen LogP) is 6.19. The molecule has 0 fully saturated rings. The molecule has 0 aliphatic rings. The third-order valence-corrected chi connectivity index (χ3v) is 9.45. The van der Waals surface area contributed by atoms with Crippen LogP contribution < -0.4 is 19.1 Å². The standard InChI is InChI=1S/C30H34Cl3N3O6S/c1-5-6-16-34-30(38)20(2)35(18-24-25(32)8-7-9-26(24)33)29(37)19-36(22-12-10-21(31)11-13-22)43(39,40)23-14-15-27(41-3)28(17-23)42-4/h7-15,17,20H,5-6,16,18-19H2,1-4H3,(H,34,38)/t20-/m1/s1. The lowest BCUT2D eigenvalue weighted by atomic mass is 10.1. The normalized spacial score (nSPS) is 11.9. The van der Waals surface area contributed by atoms with Crippen LogP contribution in [0.1, 0.15) is 32.3 Å². The second-order valence-electron chi connectivity index (χ2n) is 9.55. The predicted molar refractivity (Wildman–Crippen MR) is 170 cm³/mol. The molecule has 0 aromatic heterocycles. The smallest absolute Gasteiger partial charge is 0.264 e. The van der Waals surface area contributed by atoms with Crippen LogP contribution in [-0.4, -0.2) is 58.5 Å². The van der Waals surface area contributed by atoms with Crippen molar-refractivity contribution in [2.45, 2.75) is 44.2 Å². The molecule has 0 heterocycles. The highest BCUT2D eigenvalue weighted by Gasteiger charge is 2.33. The minimum atomic E-state index is -4.35. The number of carbonyl (C=O) groups excluding carboxylic acids is 2. The fraction of sp³-hybridized carbons (Fsp3) is 0.333. The Hall–Kier alpha value is -3.18. The van der Waals surface area contributed by atoms with Crippen LogP contribution in [0.25, 0.3) is 0 Å². The van der Waals surface area contributed by atoms with Crippen LogP contribution in [0.15, 0.2) is 65.6 Å². The summed E-state index contributed by atoms with van der Waals surface area (Å²) >= 11 is 18.9. The Morgan fingerprint density at radius 2 is 1.56 bits per heavy atom. The molecule has 3 aromatic rings. The Morgan fingerprint density at radius 3 is 2.14 bits per heavy atom. The highest BCUT2D eigenvalue weighted by Crippen LogP contribution is 2.33. The van der Waals surface area contributed by atoms with E-state index in [9.17, 15) is 18.0 Å². The summed E-state index contributed by atoms with van der Waals surface area (Å²) in [6.07, 6.45) is 1.63. The van der Waals surface area contributed by atoms with Gasteiger partial charge in [-0.3, -0.25) is 13.9 Å². The van der Waals surface area contributed by atoms with Crippen LogP contribution in [-0.2, 0) is 26.2 Å². The van der Waals surface area contributed by atoms with E-state index < -0.39 is 34.4 Å². The van der Waals surface area contributed by atoms with E-state index in [1.165, 1.54) is 61.6 Å². The molecule has 0 aliphatic carbocycles. The Kier molecular flexibility index (Phi) is 12.4.